The summed E-state index contributed by atoms with van der Waals surface area (Å²) in [6.07, 6.45) is 0.969. The van der Waals surface area contributed by atoms with Crippen LogP contribution in [0.15, 0.2) is 59.1 Å². The van der Waals surface area contributed by atoms with Gasteiger partial charge in [0.25, 0.3) is 0 Å². The summed E-state index contributed by atoms with van der Waals surface area (Å²) >= 11 is 3.19. The summed E-state index contributed by atoms with van der Waals surface area (Å²) in [5, 5.41) is 12.9. The molecule has 2 aromatic heterocycles. The normalized spacial score (nSPS) is 14.1. The van der Waals surface area contributed by atoms with Crippen LogP contribution in [0.4, 0.5) is 10.3 Å². The number of halogens is 1. The summed E-state index contributed by atoms with van der Waals surface area (Å²) in [5.41, 5.74) is 4.23. The third-order valence-corrected chi connectivity index (χ3v) is 7.38. The fraction of sp³-hybridized carbons (Fsp3) is 0.292. The number of nitrogens with zero attached hydrogens (tertiary/aromatic N) is 5. The van der Waals surface area contributed by atoms with Crippen molar-refractivity contribution in [3.05, 3.63) is 71.0 Å². The Bertz CT molecular complexity index is 1220. The quantitative estimate of drug-likeness (QED) is 0.337. The first kappa shape index (κ1) is 22.1. The van der Waals surface area contributed by atoms with Gasteiger partial charge in [-0.05, 0) is 48.4 Å². The first-order valence-corrected chi connectivity index (χ1v) is 12.8. The van der Waals surface area contributed by atoms with Crippen LogP contribution in [0.25, 0.3) is 16.3 Å². The van der Waals surface area contributed by atoms with Gasteiger partial charge in [-0.2, -0.15) is 0 Å². The van der Waals surface area contributed by atoms with Gasteiger partial charge in [-0.1, -0.05) is 30.8 Å². The summed E-state index contributed by atoms with van der Waals surface area (Å²) in [7, 11) is 0. The molecule has 4 aromatic rings. The van der Waals surface area contributed by atoms with Crippen molar-refractivity contribution in [3.63, 3.8) is 0 Å². The molecule has 33 heavy (non-hydrogen) atoms. The van der Waals surface area contributed by atoms with Crippen LogP contribution < -0.4 is 4.90 Å². The van der Waals surface area contributed by atoms with Gasteiger partial charge in [0.2, 0.25) is 5.95 Å². The molecule has 5 rings (SSSR count). The lowest BCUT2D eigenvalue weighted by Gasteiger charge is -2.28. The molecule has 3 heterocycles. The Hall–Kier alpha value is -2.75. The summed E-state index contributed by atoms with van der Waals surface area (Å²) < 4.78 is 20.9. The van der Waals surface area contributed by atoms with Crippen LogP contribution in [0.2, 0.25) is 0 Å². The van der Waals surface area contributed by atoms with Gasteiger partial charge in [0.05, 0.1) is 24.6 Å². The first-order valence-electron chi connectivity index (χ1n) is 10.9. The van der Waals surface area contributed by atoms with Gasteiger partial charge < -0.3 is 9.64 Å². The highest BCUT2D eigenvalue weighted by Crippen LogP contribution is 2.31. The van der Waals surface area contributed by atoms with Gasteiger partial charge in [0.15, 0.2) is 5.16 Å². The minimum atomic E-state index is -0.242. The fourth-order valence-electron chi connectivity index (χ4n) is 3.70. The van der Waals surface area contributed by atoms with Crippen LogP contribution in [-0.4, -0.2) is 46.1 Å². The highest BCUT2D eigenvalue weighted by Gasteiger charge is 2.22. The topological polar surface area (TPSA) is 56.1 Å². The molecule has 2 aromatic carbocycles. The lowest BCUT2D eigenvalue weighted by Crippen LogP contribution is -2.37. The number of anilines is 1. The monoisotopic (exact) mass is 481 g/mol. The second-order valence-corrected chi connectivity index (χ2v) is 9.48. The maximum atomic E-state index is 13.2. The molecule has 0 spiro atoms. The number of rotatable bonds is 7. The highest BCUT2D eigenvalue weighted by atomic mass is 32.2. The van der Waals surface area contributed by atoms with Gasteiger partial charge in [0, 0.05) is 29.8 Å². The molecular weight excluding hydrogens is 457 g/mol. The predicted octanol–water partition coefficient (Wildman–Crippen LogP) is 5.22. The summed E-state index contributed by atoms with van der Waals surface area (Å²) in [5.74, 6) is 1.28. The number of aromatic nitrogens is 4. The molecule has 6 nitrogen and oxygen atoms in total. The van der Waals surface area contributed by atoms with E-state index in [-0.39, 0.29) is 5.82 Å². The van der Waals surface area contributed by atoms with Crippen LogP contribution in [-0.2, 0) is 16.9 Å². The Balaban J connectivity index is 1.41. The van der Waals surface area contributed by atoms with E-state index in [1.807, 2.05) is 5.38 Å². The van der Waals surface area contributed by atoms with E-state index in [9.17, 15) is 4.39 Å². The van der Waals surface area contributed by atoms with Gasteiger partial charge >= 0.3 is 0 Å². The van der Waals surface area contributed by atoms with Gasteiger partial charge in [-0.15, -0.1) is 21.5 Å². The minimum absolute atomic E-state index is 0.242. The van der Waals surface area contributed by atoms with Crippen molar-refractivity contribution in [1.29, 1.82) is 0 Å². The van der Waals surface area contributed by atoms with E-state index in [0.29, 0.717) is 19.0 Å². The molecule has 1 aliphatic heterocycles. The molecule has 0 bridgehead atoms. The maximum absolute atomic E-state index is 13.2. The van der Waals surface area contributed by atoms with Crippen LogP contribution in [0.3, 0.4) is 0 Å². The van der Waals surface area contributed by atoms with Crippen molar-refractivity contribution in [2.45, 2.75) is 24.3 Å². The number of ether oxygens (including phenoxy) is 1. The lowest BCUT2D eigenvalue weighted by molar-refractivity contribution is 0.122. The van der Waals surface area contributed by atoms with Crippen molar-refractivity contribution in [2.24, 2.45) is 0 Å². The van der Waals surface area contributed by atoms with Crippen molar-refractivity contribution < 1.29 is 9.13 Å². The fourth-order valence-corrected chi connectivity index (χ4v) is 5.47. The first-order chi connectivity index (χ1) is 16.2. The second kappa shape index (κ2) is 10.0. The number of hydrogen-bond donors (Lipinski definition) is 0. The molecule has 1 saturated heterocycles. The molecule has 1 fully saturated rings. The number of thiazole rings is 1. The number of thioether (sulfide) groups is 1. The zero-order valence-electron chi connectivity index (χ0n) is 18.3. The van der Waals surface area contributed by atoms with E-state index in [1.54, 1.807) is 35.2 Å². The van der Waals surface area contributed by atoms with Gasteiger partial charge in [-0.25, -0.2) is 9.37 Å². The predicted molar refractivity (Wildman–Crippen MR) is 131 cm³/mol. The van der Waals surface area contributed by atoms with E-state index in [1.165, 1.54) is 17.7 Å². The largest absolute Gasteiger partial charge is 0.378 e. The molecule has 0 unspecified atom stereocenters. The molecule has 0 N–H and O–H groups in total. The molecule has 9 heteroatoms. The Morgan fingerprint density at radius 1 is 1.09 bits per heavy atom. The van der Waals surface area contributed by atoms with Crippen molar-refractivity contribution in [3.8, 4) is 16.3 Å². The molecular formula is C24H24FN5OS2. The standard InChI is InChI=1S/C24H24FN5OS2/c1-2-17-4-3-5-21(14-17)30-23(29-10-12-31-13-11-29)27-28-24(30)33-16-20-15-32-22(26-20)18-6-8-19(25)9-7-18/h3-9,14-15H,2,10-13,16H2,1H3. The Morgan fingerprint density at radius 3 is 2.70 bits per heavy atom. The third-order valence-electron chi connectivity index (χ3n) is 5.48. The van der Waals surface area contributed by atoms with E-state index < -0.39 is 0 Å². The Labute approximate surface area is 200 Å². The molecule has 0 aliphatic carbocycles. The lowest BCUT2D eigenvalue weighted by atomic mass is 10.1. The number of hydrogen-bond acceptors (Lipinski definition) is 7. The zero-order valence-corrected chi connectivity index (χ0v) is 19.9. The zero-order chi connectivity index (χ0) is 22.6. The van der Waals surface area contributed by atoms with Crippen LogP contribution in [0.1, 0.15) is 18.2 Å². The van der Waals surface area contributed by atoms with E-state index in [2.05, 4.69) is 50.9 Å². The molecule has 0 amide bonds. The number of aryl methyl sites for hydroxylation is 1. The van der Waals surface area contributed by atoms with E-state index >= 15 is 0 Å². The molecule has 170 valence electrons. The van der Waals surface area contributed by atoms with Crippen molar-refractivity contribution >= 4 is 29.0 Å². The van der Waals surface area contributed by atoms with E-state index in [0.717, 1.165) is 52.6 Å². The second-order valence-electron chi connectivity index (χ2n) is 7.68. The van der Waals surface area contributed by atoms with E-state index in [4.69, 9.17) is 9.72 Å². The average molecular weight is 482 g/mol. The van der Waals surface area contributed by atoms with Crippen LogP contribution in [0.5, 0.6) is 0 Å². The summed E-state index contributed by atoms with van der Waals surface area (Å²) in [6, 6.07) is 15.0. The highest BCUT2D eigenvalue weighted by molar-refractivity contribution is 7.98. The van der Waals surface area contributed by atoms with Crippen LogP contribution >= 0.6 is 23.1 Å². The smallest absolute Gasteiger partial charge is 0.232 e. The summed E-state index contributed by atoms with van der Waals surface area (Å²) in [4.78, 5) is 6.97. The minimum Gasteiger partial charge on any atom is -0.378 e. The molecule has 0 radical (unpaired) electrons. The third kappa shape index (κ3) is 4.95. The van der Waals surface area contributed by atoms with Gasteiger partial charge in [-0.3, -0.25) is 4.57 Å². The van der Waals surface area contributed by atoms with Crippen molar-refractivity contribution in [2.75, 3.05) is 31.2 Å². The number of benzene rings is 2. The summed E-state index contributed by atoms with van der Waals surface area (Å²) in [6.45, 7) is 5.13. The number of morpholine rings is 1. The molecule has 0 atom stereocenters. The Kier molecular flexibility index (Phi) is 6.70. The van der Waals surface area contributed by atoms with Gasteiger partial charge in [0.1, 0.15) is 10.8 Å². The van der Waals surface area contributed by atoms with Crippen LogP contribution in [0, 0.1) is 5.82 Å². The average Bonchev–Trinajstić information content (AvgIpc) is 3.51. The molecule has 1 aliphatic rings. The maximum Gasteiger partial charge on any atom is 0.232 e. The Morgan fingerprint density at radius 2 is 1.91 bits per heavy atom. The molecule has 0 saturated carbocycles. The van der Waals surface area contributed by atoms with Crippen molar-refractivity contribution in [1.82, 2.24) is 19.7 Å². The SMILES string of the molecule is CCc1cccc(-n2c(SCc3csc(-c4ccc(F)cc4)n3)nnc2N2CCOCC2)c1.